The van der Waals surface area contributed by atoms with E-state index in [1.807, 2.05) is 0 Å². The van der Waals surface area contributed by atoms with E-state index in [0.717, 1.165) is 0 Å². The highest BCUT2D eigenvalue weighted by atomic mass is 32.2. The Labute approximate surface area is 115 Å². The van der Waals surface area contributed by atoms with E-state index in [-0.39, 0.29) is 6.54 Å². The molecule has 0 amide bonds. The van der Waals surface area contributed by atoms with Gasteiger partial charge < -0.3 is 5.11 Å². The van der Waals surface area contributed by atoms with Gasteiger partial charge in [-0.25, -0.2) is 26.7 Å². The average molecular weight is 305 g/mol. The van der Waals surface area contributed by atoms with Crippen LogP contribution >= 0.6 is 0 Å². The van der Waals surface area contributed by atoms with Gasteiger partial charge in [0, 0.05) is 6.54 Å². The third-order valence-corrected chi connectivity index (χ3v) is 3.83. The van der Waals surface area contributed by atoms with Gasteiger partial charge in [-0.1, -0.05) is 12.2 Å². The number of hydrogen-bond donors (Lipinski definition) is 2. The number of carbonyl (C=O) groups is 1. The fourth-order valence-corrected chi connectivity index (χ4v) is 2.56. The van der Waals surface area contributed by atoms with Gasteiger partial charge in [-0.05, 0) is 25.5 Å². The molecule has 0 saturated carbocycles. The van der Waals surface area contributed by atoms with Gasteiger partial charge in [-0.3, -0.25) is 0 Å². The van der Waals surface area contributed by atoms with Crippen LogP contribution < -0.4 is 4.72 Å². The zero-order valence-corrected chi connectivity index (χ0v) is 11.4. The molecule has 5 nitrogen and oxygen atoms in total. The second-order valence-corrected chi connectivity index (χ2v) is 5.57. The Morgan fingerprint density at radius 2 is 2.05 bits per heavy atom. The molecule has 1 aromatic rings. The van der Waals surface area contributed by atoms with Crippen LogP contribution in [-0.2, 0) is 10.0 Å². The van der Waals surface area contributed by atoms with Crippen LogP contribution in [0.3, 0.4) is 0 Å². The number of carboxylic acids is 1. The lowest BCUT2D eigenvalue weighted by Gasteiger charge is -2.08. The minimum absolute atomic E-state index is 0.00890. The summed E-state index contributed by atoms with van der Waals surface area (Å²) in [6, 6.07) is 1.01. The highest BCUT2D eigenvalue weighted by Gasteiger charge is 2.24. The number of rotatable bonds is 6. The Balaban J connectivity index is 3.13. The highest BCUT2D eigenvalue weighted by Crippen LogP contribution is 2.19. The van der Waals surface area contributed by atoms with E-state index in [9.17, 15) is 22.0 Å². The molecule has 0 aromatic heterocycles. The van der Waals surface area contributed by atoms with Crippen LogP contribution in [0.15, 0.2) is 29.2 Å². The number of allylic oxidation sites excluding steroid dienone is 1. The summed E-state index contributed by atoms with van der Waals surface area (Å²) in [7, 11) is -4.31. The Morgan fingerprint density at radius 3 is 2.60 bits per heavy atom. The molecule has 2 N–H and O–H groups in total. The van der Waals surface area contributed by atoms with Crippen molar-refractivity contribution in [2.75, 3.05) is 6.54 Å². The van der Waals surface area contributed by atoms with Crippen LogP contribution in [0, 0.1) is 11.6 Å². The van der Waals surface area contributed by atoms with Crippen molar-refractivity contribution in [3.8, 4) is 0 Å². The zero-order chi connectivity index (χ0) is 15.3. The molecule has 0 aliphatic carbocycles. The number of halogens is 2. The summed E-state index contributed by atoms with van der Waals surface area (Å²) in [5.74, 6) is -4.68. The standard InChI is InChI=1S/C12H13F2NO4S/c1-2-3-4-5-15-20(18,19)10-7-8(12(16)17)6-9(13)11(10)14/h2-3,6-7,15H,4-5H2,1H3,(H,16,17)/b3-2+. The van der Waals surface area contributed by atoms with E-state index in [4.69, 9.17) is 5.11 Å². The third-order valence-electron chi connectivity index (χ3n) is 2.37. The maximum atomic E-state index is 13.5. The van der Waals surface area contributed by atoms with E-state index >= 15 is 0 Å². The summed E-state index contributed by atoms with van der Waals surface area (Å²) >= 11 is 0. The van der Waals surface area contributed by atoms with Crippen molar-refractivity contribution in [3.05, 3.63) is 41.5 Å². The van der Waals surface area contributed by atoms with Crippen LogP contribution in [0.4, 0.5) is 8.78 Å². The van der Waals surface area contributed by atoms with Crippen molar-refractivity contribution in [1.82, 2.24) is 4.72 Å². The highest BCUT2D eigenvalue weighted by molar-refractivity contribution is 7.89. The van der Waals surface area contributed by atoms with Crippen molar-refractivity contribution < 1.29 is 27.1 Å². The topological polar surface area (TPSA) is 83.5 Å². The van der Waals surface area contributed by atoms with E-state index in [2.05, 4.69) is 4.72 Å². The van der Waals surface area contributed by atoms with Gasteiger partial charge in [0.1, 0.15) is 4.90 Å². The van der Waals surface area contributed by atoms with Gasteiger partial charge in [-0.15, -0.1) is 0 Å². The maximum Gasteiger partial charge on any atom is 0.335 e. The van der Waals surface area contributed by atoms with E-state index in [0.29, 0.717) is 18.6 Å². The predicted octanol–water partition coefficient (Wildman–Crippen LogP) is 1.91. The van der Waals surface area contributed by atoms with Crippen LogP contribution in [0.1, 0.15) is 23.7 Å². The summed E-state index contributed by atoms with van der Waals surface area (Å²) in [5, 5.41) is 8.72. The molecule has 0 aliphatic rings. The molecule has 8 heteroatoms. The number of carboxylic acid groups (broad SMARTS) is 1. The van der Waals surface area contributed by atoms with Crippen molar-refractivity contribution in [3.63, 3.8) is 0 Å². The number of nitrogens with one attached hydrogen (secondary N) is 1. The maximum absolute atomic E-state index is 13.5. The van der Waals surface area contributed by atoms with Crippen molar-refractivity contribution in [2.45, 2.75) is 18.2 Å². The van der Waals surface area contributed by atoms with Gasteiger partial charge in [0.05, 0.1) is 5.56 Å². The SMILES string of the molecule is C/C=C/CCNS(=O)(=O)c1cc(C(=O)O)cc(F)c1F. The Morgan fingerprint density at radius 1 is 1.40 bits per heavy atom. The Bertz CT molecular complexity index is 641. The molecule has 0 fully saturated rings. The van der Waals surface area contributed by atoms with E-state index in [1.54, 1.807) is 19.1 Å². The molecule has 1 rings (SSSR count). The predicted molar refractivity (Wildman–Crippen MR) is 67.9 cm³/mol. The Kier molecular flexibility index (Phi) is 5.34. The monoisotopic (exact) mass is 305 g/mol. The summed E-state index contributed by atoms with van der Waals surface area (Å²) in [6.07, 6.45) is 3.77. The first-order valence-electron chi connectivity index (χ1n) is 5.62. The largest absolute Gasteiger partial charge is 0.478 e. The first-order chi connectivity index (χ1) is 9.29. The number of aromatic carboxylic acids is 1. The third kappa shape index (κ3) is 3.84. The summed E-state index contributed by atoms with van der Waals surface area (Å²) < 4.78 is 52.4. The fraction of sp³-hybridized carbons (Fsp3) is 0.250. The van der Waals surface area contributed by atoms with Crippen molar-refractivity contribution in [2.24, 2.45) is 0 Å². The molecule has 0 heterocycles. The summed E-state index contributed by atoms with van der Waals surface area (Å²) in [6.45, 7) is 1.74. The molecule has 20 heavy (non-hydrogen) atoms. The molecule has 0 radical (unpaired) electrons. The van der Waals surface area contributed by atoms with E-state index in [1.165, 1.54) is 0 Å². The number of hydrogen-bond acceptors (Lipinski definition) is 3. The molecule has 0 unspecified atom stereocenters. The smallest absolute Gasteiger partial charge is 0.335 e. The quantitative estimate of drug-likeness (QED) is 0.621. The second-order valence-electron chi connectivity index (χ2n) is 3.83. The van der Waals surface area contributed by atoms with Crippen LogP contribution in [0.25, 0.3) is 0 Å². The molecular formula is C12H13F2NO4S. The minimum atomic E-state index is -4.31. The molecular weight excluding hydrogens is 292 g/mol. The molecule has 1 aromatic carbocycles. The fourth-order valence-electron chi connectivity index (χ4n) is 1.40. The first-order valence-corrected chi connectivity index (χ1v) is 7.11. The lowest BCUT2D eigenvalue weighted by atomic mass is 10.2. The summed E-state index contributed by atoms with van der Waals surface area (Å²) in [5.41, 5.74) is -0.641. The van der Waals surface area contributed by atoms with Crippen LogP contribution in [0.2, 0.25) is 0 Å². The second kappa shape index (κ2) is 6.58. The van der Waals surface area contributed by atoms with Gasteiger partial charge in [0.25, 0.3) is 0 Å². The van der Waals surface area contributed by atoms with Crippen molar-refractivity contribution >= 4 is 16.0 Å². The summed E-state index contributed by atoms with van der Waals surface area (Å²) in [4.78, 5) is 9.71. The minimum Gasteiger partial charge on any atom is -0.478 e. The van der Waals surface area contributed by atoms with Gasteiger partial charge >= 0.3 is 5.97 Å². The lowest BCUT2D eigenvalue weighted by molar-refractivity contribution is 0.0696. The molecule has 0 spiro atoms. The molecule has 0 atom stereocenters. The molecule has 0 bridgehead atoms. The average Bonchev–Trinajstić information content (AvgIpc) is 2.37. The molecule has 0 saturated heterocycles. The number of benzene rings is 1. The Hall–Kier alpha value is -1.80. The lowest BCUT2D eigenvalue weighted by Crippen LogP contribution is -2.26. The molecule has 0 aliphatic heterocycles. The zero-order valence-electron chi connectivity index (χ0n) is 10.6. The van der Waals surface area contributed by atoms with Gasteiger partial charge in [0.15, 0.2) is 11.6 Å². The van der Waals surface area contributed by atoms with Crippen LogP contribution in [-0.4, -0.2) is 26.0 Å². The normalized spacial score (nSPS) is 11.9. The van der Waals surface area contributed by atoms with Crippen LogP contribution in [0.5, 0.6) is 0 Å². The van der Waals surface area contributed by atoms with E-state index < -0.39 is 38.1 Å². The molecule has 110 valence electrons. The number of sulfonamides is 1. The van der Waals surface area contributed by atoms with Gasteiger partial charge in [-0.2, -0.15) is 0 Å². The first kappa shape index (κ1) is 16.3. The van der Waals surface area contributed by atoms with Crippen molar-refractivity contribution in [1.29, 1.82) is 0 Å². The van der Waals surface area contributed by atoms with Gasteiger partial charge in [0.2, 0.25) is 10.0 Å².